The molecule has 0 amide bonds. The Morgan fingerprint density at radius 1 is 1.80 bits per heavy atom. The van der Waals surface area contributed by atoms with Crippen molar-refractivity contribution < 1.29 is 9.53 Å². The summed E-state index contributed by atoms with van der Waals surface area (Å²) in [5.41, 5.74) is 7.10. The number of esters is 1. The molecular weight excluding hydrogens is 194 g/mol. The number of nitrogens with zero attached hydrogens (tertiary/aromatic N) is 2. The Morgan fingerprint density at radius 3 is 3.00 bits per heavy atom. The average Bonchev–Trinajstić information content (AvgIpc) is 2.75. The molecule has 1 aliphatic carbocycles. The molecule has 1 heterocycles. The second-order valence-electron chi connectivity index (χ2n) is 3.83. The molecule has 0 radical (unpaired) electrons. The van der Waals surface area contributed by atoms with Gasteiger partial charge in [-0.15, -0.1) is 0 Å². The molecular formula is C10H15N3O2. The van der Waals surface area contributed by atoms with Crippen LogP contribution in [0.4, 0.5) is 0 Å². The molecule has 5 heteroatoms. The van der Waals surface area contributed by atoms with Gasteiger partial charge in [-0.05, 0) is 13.3 Å². The Morgan fingerprint density at radius 2 is 2.47 bits per heavy atom. The summed E-state index contributed by atoms with van der Waals surface area (Å²) in [7, 11) is 1.79. The molecule has 2 N–H and O–H groups in total. The molecule has 1 aromatic rings. The van der Waals surface area contributed by atoms with Gasteiger partial charge in [0.15, 0.2) is 5.69 Å². The molecule has 0 spiro atoms. The quantitative estimate of drug-likeness (QED) is 0.732. The molecule has 15 heavy (non-hydrogen) atoms. The van der Waals surface area contributed by atoms with Gasteiger partial charge in [-0.25, -0.2) is 4.79 Å². The van der Waals surface area contributed by atoms with E-state index >= 15 is 0 Å². The first-order valence-electron chi connectivity index (χ1n) is 5.09. The van der Waals surface area contributed by atoms with Crippen LogP contribution in [0, 0.1) is 0 Å². The number of hydrogen-bond acceptors (Lipinski definition) is 4. The Labute approximate surface area is 88.2 Å². The number of hydrogen-bond donors (Lipinski definition) is 1. The third-order valence-electron chi connectivity index (χ3n) is 2.57. The fourth-order valence-corrected chi connectivity index (χ4v) is 1.71. The van der Waals surface area contributed by atoms with E-state index in [0.29, 0.717) is 12.3 Å². The molecule has 1 fully saturated rings. The summed E-state index contributed by atoms with van der Waals surface area (Å²) < 4.78 is 6.57. The molecule has 5 nitrogen and oxygen atoms in total. The molecule has 2 unspecified atom stereocenters. The lowest BCUT2D eigenvalue weighted by Crippen LogP contribution is -2.09. The van der Waals surface area contributed by atoms with Crippen LogP contribution in [-0.2, 0) is 11.8 Å². The largest absolute Gasteiger partial charge is 0.461 e. The van der Waals surface area contributed by atoms with Crippen molar-refractivity contribution in [2.45, 2.75) is 25.3 Å². The van der Waals surface area contributed by atoms with Crippen LogP contribution in [0.5, 0.6) is 0 Å². The van der Waals surface area contributed by atoms with Crippen molar-refractivity contribution in [3.05, 3.63) is 17.5 Å². The highest BCUT2D eigenvalue weighted by Gasteiger charge is 2.39. The summed E-state index contributed by atoms with van der Waals surface area (Å²) >= 11 is 0. The van der Waals surface area contributed by atoms with Crippen molar-refractivity contribution in [1.29, 1.82) is 0 Å². The Balaban J connectivity index is 2.25. The minimum Gasteiger partial charge on any atom is -0.461 e. The summed E-state index contributed by atoms with van der Waals surface area (Å²) in [6, 6.07) is 0.169. The van der Waals surface area contributed by atoms with Gasteiger partial charge < -0.3 is 10.5 Å². The van der Waals surface area contributed by atoms with Crippen LogP contribution in [0.15, 0.2) is 6.20 Å². The SMILES string of the molecule is CCOC(=O)c1nn(C)cc1C1CC1N. The minimum atomic E-state index is -0.354. The van der Waals surface area contributed by atoms with Gasteiger partial charge in [-0.2, -0.15) is 5.10 Å². The molecule has 0 saturated heterocycles. The van der Waals surface area contributed by atoms with Crippen LogP contribution in [0.2, 0.25) is 0 Å². The lowest BCUT2D eigenvalue weighted by Gasteiger charge is -2.00. The lowest BCUT2D eigenvalue weighted by atomic mass is 10.1. The van der Waals surface area contributed by atoms with Gasteiger partial charge in [0, 0.05) is 30.8 Å². The molecule has 1 saturated carbocycles. The summed E-state index contributed by atoms with van der Waals surface area (Å²) in [6.45, 7) is 2.15. The van der Waals surface area contributed by atoms with Crippen LogP contribution in [0.25, 0.3) is 0 Å². The van der Waals surface area contributed by atoms with Crippen molar-refractivity contribution in [3.63, 3.8) is 0 Å². The number of rotatable bonds is 3. The highest BCUT2D eigenvalue weighted by atomic mass is 16.5. The van der Waals surface area contributed by atoms with Gasteiger partial charge in [0.2, 0.25) is 0 Å². The fourth-order valence-electron chi connectivity index (χ4n) is 1.71. The van der Waals surface area contributed by atoms with Gasteiger partial charge in [-0.3, -0.25) is 4.68 Å². The topological polar surface area (TPSA) is 70.1 Å². The zero-order valence-corrected chi connectivity index (χ0v) is 8.93. The van der Waals surface area contributed by atoms with E-state index in [-0.39, 0.29) is 17.9 Å². The number of aromatic nitrogens is 2. The van der Waals surface area contributed by atoms with Crippen molar-refractivity contribution >= 4 is 5.97 Å². The molecule has 1 aromatic heterocycles. The maximum atomic E-state index is 11.6. The monoisotopic (exact) mass is 209 g/mol. The third-order valence-corrected chi connectivity index (χ3v) is 2.57. The number of carbonyl (C=O) groups excluding carboxylic acids is 1. The molecule has 82 valence electrons. The number of carbonyl (C=O) groups is 1. The van der Waals surface area contributed by atoms with Crippen molar-refractivity contribution in [2.75, 3.05) is 6.61 Å². The van der Waals surface area contributed by atoms with E-state index in [2.05, 4.69) is 5.10 Å². The predicted molar refractivity (Wildman–Crippen MR) is 54.5 cm³/mol. The molecule has 0 bridgehead atoms. The van der Waals surface area contributed by atoms with E-state index in [4.69, 9.17) is 10.5 Å². The third kappa shape index (κ3) is 1.87. The van der Waals surface area contributed by atoms with Crippen LogP contribution >= 0.6 is 0 Å². The Kier molecular flexibility index (Phi) is 2.48. The van der Waals surface area contributed by atoms with Crippen molar-refractivity contribution in [2.24, 2.45) is 12.8 Å². The van der Waals surface area contributed by atoms with Gasteiger partial charge in [0.1, 0.15) is 0 Å². The van der Waals surface area contributed by atoms with E-state index in [1.807, 2.05) is 6.20 Å². The average molecular weight is 209 g/mol. The number of aryl methyl sites for hydroxylation is 1. The molecule has 0 aliphatic heterocycles. The summed E-state index contributed by atoms with van der Waals surface area (Å²) in [5.74, 6) is -0.0784. The highest BCUT2D eigenvalue weighted by Crippen LogP contribution is 2.40. The molecule has 2 rings (SSSR count). The predicted octanol–water partition coefficient (Wildman–Crippen LogP) is 0.411. The fraction of sp³-hybridized carbons (Fsp3) is 0.600. The van der Waals surface area contributed by atoms with Crippen LogP contribution in [0.3, 0.4) is 0 Å². The zero-order valence-electron chi connectivity index (χ0n) is 8.93. The lowest BCUT2D eigenvalue weighted by molar-refractivity contribution is 0.0517. The maximum absolute atomic E-state index is 11.6. The summed E-state index contributed by atoms with van der Waals surface area (Å²) in [5, 5.41) is 4.11. The van der Waals surface area contributed by atoms with Crippen molar-refractivity contribution in [1.82, 2.24) is 9.78 Å². The summed E-state index contributed by atoms with van der Waals surface area (Å²) in [4.78, 5) is 11.6. The van der Waals surface area contributed by atoms with E-state index in [9.17, 15) is 4.79 Å². The van der Waals surface area contributed by atoms with Crippen LogP contribution in [-0.4, -0.2) is 28.4 Å². The van der Waals surface area contributed by atoms with Gasteiger partial charge in [0.25, 0.3) is 0 Å². The van der Waals surface area contributed by atoms with Crippen LogP contribution < -0.4 is 5.73 Å². The molecule has 1 aliphatic rings. The smallest absolute Gasteiger partial charge is 0.359 e. The Bertz CT molecular complexity index is 386. The molecule has 2 atom stereocenters. The Hall–Kier alpha value is -1.36. The van der Waals surface area contributed by atoms with Gasteiger partial charge >= 0.3 is 5.97 Å². The number of nitrogens with two attached hydrogens (primary N) is 1. The number of ether oxygens (including phenoxy) is 1. The minimum absolute atomic E-state index is 0.169. The van der Waals surface area contributed by atoms with E-state index in [1.165, 1.54) is 0 Å². The van der Waals surface area contributed by atoms with Gasteiger partial charge in [-0.1, -0.05) is 0 Å². The second-order valence-corrected chi connectivity index (χ2v) is 3.83. The normalized spacial score (nSPS) is 23.9. The van der Waals surface area contributed by atoms with Crippen molar-refractivity contribution in [3.8, 4) is 0 Å². The highest BCUT2D eigenvalue weighted by molar-refractivity contribution is 5.89. The van der Waals surface area contributed by atoms with E-state index < -0.39 is 0 Å². The van der Waals surface area contributed by atoms with E-state index in [0.717, 1.165) is 12.0 Å². The molecule has 0 aromatic carbocycles. The van der Waals surface area contributed by atoms with E-state index in [1.54, 1.807) is 18.7 Å². The first-order valence-corrected chi connectivity index (χ1v) is 5.09. The van der Waals surface area contributed by atoms with Gasteiger partial charge in [0.05, 0.1) is 6.61 Å². The first-order chi connectivity index (χ1) is 7.13. The second kappa shape index (κ2) is 3.66. The zero-order chi connectivity index (χ0) is 11.0. The summed E-state index contributed by atoms with van der Waals surface area (Å²) in [6.07, 6.45) is 2.78. The first kappa shape index (κ1) is 10.2. The van der Waals surface area contributed by atoms with Crippen LogP contribution in [0.1, 0.15) is 35.3 Å². The maximum Gasteiger partial charge on any atom is 0.359 e. The standard InChI is InChI=1S/C10H15N3O2/c1-3-15-10(14)9-7(5-13(2)12-9)6-4-8(6)11/h5-6,8H,3-4,11H2,1-2H3.